The van der Waals surface area contributed by atoms with E-state index in [0.29, 0.717) is 0 Å². The molecule has 1 nitrogen and oxygen atoms in total. The minimum atomic E-state index is 0.732. The van der Waals surface area contributed by atoms with Crippen molar-refractivity contribution < 1.29 is 0 Å². The molecule has 1 fully saturated rings. The molecule has 1 aromatic carbocycles. The normalized spacial score (nSPS) is 25.6. The number of rotatable bonds is 3. The van der Waals surface area contributed by atoms with E-state index in [2.05, 4.69) is 43.4 Å². The Kier molecular flexibility index (Phi) is 4.00. The van der Waals surface area contributed by atoms with E-state index in [1.807, 2.05) is 0 Å². The predicted octanol–water partition coefficient (Wildman–Crippen LogP) is 3.32. The van der Waals surface area contributed by atoms with Gasteiger partial charge in [0, 0.05) is 6.04 Å². The third kappa shape index (κ3) is 3.34. The number of aryl methyl sites for hydroxylation is 2. The van der Waals surface area contributed by atoms with Gasteiger partial charge in [0.25, 0.3) is 0 Å². The fourth-order valence-electron chi connectivity index (χ4n) is 2.54. The monoisotopic (exact) mass is 217 g/mol. The molecule has 2 unspecified atom stereocenters. The Hall–Kier alpha value is -0.820. The van der Waals surface area contributed by atoms with Gasteiger partial charge in [0.15, 0.2) is 0 Å². The average molecular weight is 217 g/mol. The molecule has 1 saturated heterocycles. The molecule has 0 bridgehead atoms. The van der Waals surface area contributed by atoms with Crippen LogP contribution in [-0.2, 0) is 6.42 Å². The summed E-state index contributed by atoms with van der Waals surface area (Å²) < 4.78 is 0. The number of hydrogen-bond donors (Lipinski definition) is 1. The average Bonchev–Trinajstić information content (AvgIpc) is 2.28. The van der Waals surface area contributed by atoms with Gasteiger partial charge in [-0.2, -0.15) is 0 Å². The summed E-state index contributed by atoms with van der Waals surface area (Å²) in [7, 11) is 0. The topological polar surface area (TPSA) is 12.0 Å². The summed E-state index contributed by atoms with van der Waals surface area (Å²) in [5, 5.41) is 3.58. The molecule has 0 saturated carbocycles. The highest BCUT2D eigenvalue weighted by molar-refractivity contribution is 5.22. The zero-order chi connectivity index (χ0) is 11.4. The molecule has 2 rings (SSSR count). The lowest BCUT2D eigenvalue weighted by Gasteiger charge is -2.27. The van der Waals surface area contributed by atoms with E-state index in [1.54, 1.807) is 0 Å². The van der Waals surface area contributed by atoms with Crippen molar-refractivity contribution in [3.8, 4) is 0 Å². The molecule has 0 aliphatic carbocycles. The van der Waals surface area contributed by atoms with Gasteiger partial charge in [-0.15, -0.1) is 0 Å². The van der Waals surface area contributed by atoms with Crippen LogP contribution in [-0.4, -0.2) is 12.6 Å². The first kappa shape index (κ1) is 11.7. The summed E-state index contributed by atoms with van der Waals surface area (Å²) >= 11 is 0. The van der Waals surface area contributed by atoms with Crippen LogP contribution in [0, 0.1) is 12.8 Å². The third-order valence-electron chi connectivity index (χ3n) is 3.69. The number of piperidine rings is 1. The summed E-state index contributed by atoms with van der Waals surface area (Å²) in [5.41, 5.74) is 2.88. The van der Waals surface area contributed by atoms with Gasteiger partial charge in [-0.1, -0.05) is 29.8 Å². The second-order valence-corrected chi connectivity index (χ2v) is 5.28. The van der Waals surface area contributed by atoms with Crippen LogP contribution in [0.5, 0.6) is 0 Å². The maximum atomic E-state index is 3.58. The second-order valence-electron chi connectivity index (χ2n) is 5.28. The summed E-state index contributed by atoms with van der Waals surface area (Å²) in [5.74, 6) is 0.886. The number of benzene rings is 1. The molecule has 0 spiro atoms. The lowest BCUT2D eigenvalue weighted by molar-refractivity contribution is 0.309. The fourth-order valence-corrected chi connectivity index (χ4v) is 2.54. The first-order valence-corrected chi connectivity index (χ1v) is 6.53. The van der Waals surface area contributed by atoms with E-state index in [4.69, 9.17) is 0 Å². The Morgan fingerprint density at radius 1 is 1.31 bits per heavy atom. The van der Waals surface area contributed by atoms with Crippen molar-refractivity contribution in [2.75, 3.05) is 6.54 Å². The molecule has 1 aliphatic rings. The highest BCUT2D eigenvalue weighted by atomic mass is 14.9. The smallest absolute Gasteiger partial charge is 0.00389 e. The maximum absolute atomic E-state index is 3.58. The Bertz CT molecular complexity index is 324. The number of hydrogen-bond acceptors (Lipinski definition) is 1. The summed E-state index contributed by atoms with van der Waals surface area (Å²) in [6.45, 7) is 5.68. The van der Waals surface area contributed by atoms with Crippen LogP contribution < -0.4 is 5.32 Å². The van der Waals surface area contributed by atoms with E-state index < -0.39 is 0 Å². The van der Waals surface area contributed by atoms with Gasteiger partial charge in [-0.25, -0.2) is 0 Å². The van der Waals surface area contributed by atoms with Crippen LogP contribution in [0.2, 0.25) is 0 Å². The van der Waals surface area contributed by atoms with Crippen molar-refractivity contribution in [2.45, 2.75) is 45.6 Å². The lowest BCUT2D eigenvalue weighted by Crippen LogP contribution is -2.36. The van der Waals surface area contributed by atoms with E-state index >= 15 is 0 Å². The Morgan fingerprint density at radius 2 is 2.19 bits per heavy atom. The van der Waals surface area contributed by atoms with Crippen molar-refractivity contribution in [3.63, 3.8) is 0 Å². The van der Waals surface area contributed by atoms with Crippen LogP contribution >= 0.6 is 0 Å². The summed E-state index contributed by atoms with van der Waals surface area (Å²) in [6, 6.07) is 9.65. The zero-order valence-corrected chi connectivity index (χ0v) is 10.5. The van der Waals surface area contributed by atoms with Crippen molar-refractivity contribution in [1.82, 2.24) is 5.32 Å². The molecule has 1 heterocycles. The molecule has 1 N–H and O–H groups in total. The zero-order valence-electron chi connectivity index (χ0n) is 10.5. The van der Waals surface area contributed by atoms with Gasteiger partial charge >= 0.3 is 0 Å². The summed E-state index contributed by atoms with van der Waals surface area (Å²) in [4.78, 5) is 0. The molecule has 1 heteroatoms. The highest BCUT2D eigenvalue weighted by Gasteiger charge is 2.16. The van der Waals surface area contributed by atoms with Gasteiger partial charge in [0.2, 0.25) is 0 Å². The van der Waals surface area contributed by atoms with E-state index in [9.17, 15) is 0 Å². The van der Waals surface area contributed by atoms with E-state index in [-0.39, 0.29) is 0 Å². The minimum Gasteiger partial charge on any atom is -0.314 e. The molecule has 2 atom stereocenters. The molecule has 88 valence electrons. The molecule has 1 aliphatic heterocycles. The Morgan fingerprint density at radius 3 is 2.88 bits per heavy atom. The van der Waals surface area contributed by atoms with Crippen molar-refractivity contribution in [1.29, 1.82) is 0 Å². The van der Waals surface area contributed by atoms with Crippen LogP contribution in [0.25, 0.3) is 0 Å². The molecule has 0 radical (unpaired) electrons. The molecule has 16 heavy (non-hydrogen) atoms. The molecular formula is C15H23N. The van der Waals surface area contributed by atoms with Crippen LogP contribution in [0.3, 0.4) is 0 Å². The molecular weight excluding hydrogens is 194 g/mol. The third-order valence-corrected chi connectivity index (χ3v) is 3.69. The van der Waals surface area contributed by atoms with Gasteiger partial charge in [-0.05, 0) is 57.6 Å². The SMILES string of the molecule is Cc1cccc(CCC2CCC(C)NC2)c1. The van der Waals surface area contributed by atoms with Crippen LogP contribution in [0.15, 0.2) is 24.3 Å². The quantitative estimate of drug-likeness (QED) is 0.819. The Labute approximate surface area is 99.3 Å². The minimum absolute atomic E-state index is 0.732. The van der Waals surface area contributed by atoms with Gasteiger partial charge in [0.1, 0.15) is 0 Å². The number of nitrogens with one attached hydrogen (secondary N) is 1. The van der Waals surface area contributed by atoms with Crippen LogP contribution in [0.4, 0.5) is 0 Å². The Balaban J connectivity index is 1.79. The maximum Gasteiger partial charge on any atom is 0.00389 e. The summed E-state index contributed by atoms with van der Waals surface area (Å²) in [6.07, 6.45) is 5.32. The largest absolute Gasteiger partial charge is 0.314 e. The van der Waals surface area contributed by atoms with Gasteiger partial charge in [0.05, 0.1) is 0 Å². The molecule has 0 aromatic heterocycles. The molecule has 1 aromatic rings. The van der Waals surface area contributed by atoms with Crippen molar-refractivity contribution >= 4 is 0 Å². The predicted molar refractivity (Wildman–Crippen MR) is 69.7 cm³/mol. The van der Waals surface area contributed by atoms with Crippen LogP contribution in [0.1, 0.15) is 37.3 Å². The van der Waals surface area contributed by atoms with E-state index in [1.165, 1.54) is 43.4 Å². The second kappa shape index (κ2) is 5.49. The molecule has 0 amide bonds. The lowest BCUT2D eigenvalue weighted by atomic mass is 9.90. The first-order valence-electron chi connectivity index (χ1n) is 6.53. The van der Waals surface area contributed by atoms with Gasteiger partial charge < -0.3 is 5.32 Å². The first-order chi connectivity index (χ1) is 7.74. The standard InChI is InChI=1S/C15H23N/c1-12-4-3-5-14(10-12)8-9-15-7-6-13(2)16-11-15/h3-5,10,13,15-16H,6-9,11H2,1-2H3. The van der Waals surface area contributed by atoms with Crippen molar-refractivity contribution in [2.24, 2.45) is 5.92 Å². The fraction of sp³-hybridized carbons (Fsp3) is 0.600. The highest BCUT2D eigenvalue weighted by Crippen LogP contribution is 2.19. The van der Waals surface area contributed by atoms with Gasteiger partial charge in [-0.3, -0.25) is 0 Å². The van der Waals surface area contributed by atoms with E-state index in [0.717, 1.165) is 12.0 Å². The van der Waals surface area contributed by atoms with Crippen molar-refractivity contribution in [3.05, 3.63) is 35.4 Å².